The van der Waals surface area contributed by atoms with Gasteiger partial charge in [0.1, 0.15) is 17.4 Å². The summed E-state index contributed by atoms with van der Waals surface area (Å²) in [6.07, 6.45) is 3.73. The van der Waals surface area contributed by atoms with Crippen LogP contribution < -0.4 is 15.5 Å². The van der Waals surface area contributed by atoms with Crippen molar-refractivity contribution < 1.29 is 19.1 Å². The molecule has 122 valence electrons. The molecule has 0 saturated carbocycles. The van der Waals surface area contributed by atoms with Crippen molar-refractivity contribution >= 4 is 16.9 Å². The second-order valence-electron chi connectivity index (χ2n) is 6.05. The molecule has 0 fully saturated rings. The monoisotopic (exact) mass is 315 g/mol. The van der Waals surface area contributed by atoms with Crippen LogP contribution in [0.15, 0.2) is 21.3 Å². The highest BCUT2D eigenvalue weighted by molar-refractivity contribution is 5.86. The van der Waals surface area contributed by atoms with Crippen molar-refractivity contribution in [3.05, 3.63) is 39.2 Å². The summed E-state index contributed by atoms with van der Waals surface area (Å²) in [5.74, 6) is -0.890. The maximum Gasteiger partial charge on any atom is 0.339 e. The van der Waals surface area contributed by atoms with Crippen LogP contribution in [0.4, 0.5) is 0 Å². The van der Waals surface area contributed by atoms with Crippen LogP contribution in [-0.4, -0.2) is 12.1 Å². The van der Waals surface area contributed by atoms with Crippen molar-refractivity contribution in [2.45, 2.75) is 52.1 Å². The number of aryl methyl sites for hydroxylation is 2. The van der Waals surface area contributed by atoms with Gasteiger partial charge >= 0.3 is 5.63 Å². The van der Waals surface area contributed by atoms with Gasteiger partial charge in [0.15, 0.2) is 0 Å². The number of ether oxygens (including phenoxy) is 1. The van der Waals surface area contributed by atoms with Gasteiger partial charge in [-0.3, -0.25) is 0 Å². The Morgan fingerprint density at radius 3 is 2.61 bits per heavy atom. The molecule has 23 heavy (non-hydrogen) atoms. The highest BCUT2D eigenvalue weighted by Crippen LogP contribution is 2.32. The molecule has 5 heteroatoms. The van der Waals surface area contributed by atoms with E-state index in [0.29, 0.717) is 16.9 Å². The summed E-state index contributed by atoms with van der Waals surface area (Å²) < 4.78 is 10.9. The number of hydrogen-bond acceptors (Lipinski definition) is 5. The molecule has 0 amide bonds. The molecule has 3 rings (SSSR count). The predicted molar refractivity (Wildman–Crippen MR) is 83.6 cm³/mol. The number of carbonyl (C=O) groups excluding carboxylic acids is 1. The summed E-state index contributed by atoms with van der Waals surface area (Å²) in [7, 11) is 0. The topological polar surface area (TPSA) is 79.6 Å². The van der Waals surface area contributed by atoms with Crippen molar-refractivity contribution in [1.82, 2.24) is 0 Å². The highest BCUT2D eigenvalue weighted by Gasteiger charge is 2.19. The number of carboxylic acids is 1. The van der Waals surface area contributed by atoms with E-state index in [1.807, 2.05) is 6.07 Å². The van der Waals surface area contributed by atoms with Crippen molar-refractivity contribution in [3.8, 4) is 5.75 Å². The lowest BCUT2D eigenvalue weighted by atomic mass is 9.98. The molecule has 1 heterocycles. The largest absolute Gasteiger partial charge is 0.546 e. The molecule has 0 N–H and O–H groups in total. The Hall–Kier alpha value is -2.30. The molecule has 1 aliphatic rings. The third-order valence-corrected chi connectivity index (χ3v) is 4.48. The summed E-state index contributed by atoms with van der Waals surface area (Å²) >= 11 is 0. The van der Waals surface area contributed by atoms with Crippen molar-refractivity contribution in [3.63, 3.8) is 0 Å². The lowest BCUT2D eigenvalue weighted by Crippen LogP contribution is -2.37. The van der Waals surface area contributed by atoms with Gasteiger partial charge in [-0.05, 0) is 57.2 Å². The van der Waals surface area contributed by atoms with Crippen LogP contribution >= 0.6 is 0 Å². The molecule has 0 bridgehead atoms. The smallest absolute Gasteiger partial charge is 0.339 e. The third kappa shape index (κ3) is 2.83. The second kappa shape index (κ2) is 6.07. The van der Waals surface area contributed by atoms with Crippen LogP contribution in [0.3, 0.4) is 0 Å². The first-order valence-corrected chi connectivity index (χ1v) is 7.94. The van der Waals surface area contributed by atoms with E-state index in [4.69, 9.17) is 9.15 Å². The molecule has 2 aromatic rings. The van der Waals surface area contributed by atoms with Crippen LogP contribution in [0, 0.1) is 6.92 Å². The number of carboxylic acid groups (broad SMARTS) is 1. The molecule has 1 aromatic carbocycles. The molecule has 1 aliphatic carbocycles. The van der Waals surface area contributed by atoms with Crippen molar-refractivity contribution in [2.75, 3.05) is 0 Å². The summed E-state index contributed by atoms with van der Waals surface area (Å²) in [6.45, 7) is 3.18. The van der Waals surface area contributed by atoms with Gasteiger partial charge < -0.3 is 19.1 Å². The van der Waals surface area contributed by atoms with Gasteiger partial charge in [-0.1, -0.05) is 6.42 Å². The number of fused-ring (bicyclic) bond motifs is 3. The fraction of sp³-hybridized carbons (Fsp3) is 0.444. The van der Waals surface area contributed by atoms with Gasteiger partial charge in [-0.25, -0.2) is 4.79 Å². The Balaban J connectivity index is 2.15. The van der Waals surface area contributed by atoms with Crippen LogP contribution in [-0.2, 0) is 17.6 Å². The Bertz CT molecular complexity index is 818. The van der Waals surface area contributed by atoms with Crippen LogP contribution in [0.25, 0.3) is 11.0 Å². The molecule has 0 aliphatic heterocycles. The van der Waals surface area contributed by atoms with E-state index in [0.717, 1.165) is 48.6 Å². The minimum atomic E-state index is -1.28. The molecule has 0 saturated heterocycles. The highest BCUT2D eigenvalue weighted by atomic mass is 16.5. The van der Waals surface area contributed by atoms with E-state index in [1.54, 1.807) is 13.0 Å². The molecule has 5 nitrogen and oxygen atoms in total. The van der Waals surface area contributed by atoms with Crippen LogP contribution in [0.5, 0.6) is 5.75 Å². The molecule has 1 aromatic heterocycles. The standard InChI is InChI=1S/C18H20O5/c1-10-15(22-11(2)17(19)20)9-8-13-12-6-4-3-5-7-14(12)18(21)23-16(10)13/h8-9,11H,3-7H2,1-2H3,(H,19,20)/p-1/t11-/m0/s1. The molecule has 0 radical (unpaired) electrons. The maximum atomic E-state index is 12.3. The van der Waals surface area contributed by atoms with Gasteiger partial charge in [-0.15, -0.1) is 0 Å². The van der Waals surface area contributed by atoms with E-state index in [9.17, 15) is 14.7 Å². The lowest BCUT2D eigenvalue weighted by molar-refractivity contribution is -0.312. The van der Waals surface area contributed by atoms with E-state index < -0.39 is 12.1 Å². The zero-order chi connectivity index (χ0) is 16.6. The summed E-state index contributed by atoms with van der Waals surface area (Å²) in [4.78, 5) is 23.2. The first kappa shape index (κ1) is 15.6. The fourth-order valence-corrected chi connectivity index (χ4v) is 3.17. The Morgan fingerprint density at radius 2 is 1.91 bits per heavy atom. The minimum absolute atomic E-state index is 0.289. The third-order valence-electron chi connectivity index (χ3n) is 4.48. The van der Waals surface area contributed by atoms with Gasteiger partial charge in [0.05, 0.1) is 5.97 Å². The summed E-state index contributed by atoms with van der Waals surface area (Å²) in [5, 5.41) is 11.8. The van der Waals surface area contributed by atoms with Gasteiger partial charge in [0.2, 0.25) is 0 Å². The zero-order valence-electron chi connectivity index (χ0n) is 13.3. The quantitative estimate of drug-likeness (QED) is 0.638. The average Bonchev–Trinajstić information content (AvgIpc) is 2.77. The summed E-state index contributed by atoms with van der Waals surface area (Å²) in [6, 6.07) is 3.59. The van der Waals surface area contributed by atoms with Crippen LogP contribution in [0.2, 0.25) is 0 Å². The zero-order valence-corrected chi connectivity index (χ0v) is 13.3. The van der Waals surface area contributed by atoms with E-state index in [2.05, 4.69) is 0 Å². The lowest BCUT2D eigenvalue weighted by Gasteiger charge is -2.18. The van der Waals surface area contributed by atoms with Gasteiger partial charge in [0, 0.05) is 16.5 Å². The molecular formula is C18H19O5-. The average molecular weight is 315 g/mol. The number of hydrogen-bond donors (Lipinski definition) is 0. The number of benzene rings is 1. The minimum Gasteiger partial charge on any atom is -0.546 e. The molecule has 0 spiro atoms. The van der Waals surface area contributed by atoms with Crippen LogP contribution in [0.1, 0.15) is 42.9 Å². The van der Waals surface area contributed by atoms with E-state index in [1.165, 1.54) is 6.92 Å². The normalized spacial score (nSPS) is 15.7. The second-order valence-corrected chi connectivity index (χ2v) is 6.05. The number of carbonyl (C=O) groups is 1. The first-order valence-electron chi connectivity index (χ1n) is 7.94. The molecule has 0 unspecified atom stereocenters. The molecule has 1 atom stereocenters. The number of aliphatic carboxylic acids is 1. The fourth-order valence-electron chi connectivity index (χ4n) is 3.17. The van der Waals surface area contributed by atoms with Gasteiger partial charge in [-0.2, -0.15) is 0 Å². The van der Waals surface area contributed by atoms with Gasteiger partial charge in [0.25, 0.3) is 0 Å². The Kier molecular flexibility index (Phi) is 4.11. The SMILES string of the molecule is Cc1c(O[C@@H](C)C(=O)[O-])ccc2c3c(c(=O)oc12)CCCCC3. The Labute approximate surface area is 133 Å². The Morgan fingerprint density at radius 1 is 1.22 bits per heavy atom. The van der Waals surface area contributed by atoms with E-state index >= 15 is 0 Å². The van der Waals surface area contributed by atoms with E-state index in [-0.39, 0.29) is 5.63 Å². The number of rotatable bonds is 3. The van der Waals surface area contributed by atoms with Crippen molar-refractivity contribution in [1.29, 1.82) is 0 Å². The summed E-state index contributed by atoms with van der Waals surface area (Å²) in [5.41, 5.74) is 2.68. The van der Waals surface area contributed by atoms with Crippen molar-refractivity contribution in [2.24, 2.45) is 0 Å². The predicted octanol–water partition coefficient (Wildman–Crippen LogP) is 1.89. The maximum absolute atomic E-state index is 12.3. The first-order chi connectivity index (χ1) is 11.0. The molecular weight excluding hydrogens is 296 g/mol.